The molecule has 1 amide bonds. The number of rotatable bonds is 3. The molecule has 1 unspecified atom stereocenters. The maximum absolute atomic E-state index is 14.7. The number of piperidine rings is 1. The summed E-state index contributed by atoms with van der Waals surface area (Å²) < 4.78 is 20.0. The van der Waals surface area contributed by atoms with Gasteiger partial charge >= 0.3 is 12.1 Å². The van der Waals surface area contributed by atoms with Gasteiger partial charge in [0, 0.05) is 13.1 Å². The summed E-state index contributed by atoms with van der Waals surface area (Å²) in [5.41, 5.74) is 0.0871. The van der Waals surface area contributed by atoms with Gasteiger partial charge in [0.2, 0.25) is 0 Å². The average molecular weight is 337 g/mol. The zero-order valence-electron chi connectivity index (χ0n) is 14.3. The lowest BCUT2D eigenvalue weighted by atomic mass is 9.88. The normalized spacial score (nSPS) is 17.4. The van der Waals surface area contributed by atoms with E-state index in [2.05, 4.69) is 0 Å². The summed E-state index contributed by atoms with van der Waals surface area (Å²) >= 11 is 0. The molecule has 1 N–H and O–H groups in total. The second kappa shape index (κ2) is 7.20. The Morgan fingerprint density at radius 3 is 2.21 bits per heavy atom. The summed E-state index contributed by atoms with van der Waals surface area (Å²) in [6.07, 6.45) is -0.405. The van der Waals surface area contributed by atoms with Gasteiger partial charge in [-0.1, -0.05) is 12.1 Å². The maximum atomic E-state index is 14.7. The van der Waals surface area contributed by atoms with E-state index >= 15 is 0 Å². The number of carboxylic acids is 1. The molecule has 24 heavy (non-hydrogen) atoms. The molecule has 0 aliphatic carbocycles. The van der Waals surface area contributed by atoms with Gasteiger partial charge in [-0.2, -0.15) is 0 Å². The molecule has 1 atom stereocenters. The SMILES string of the molecule is CC(C)(C)OC(=O)N1CCC(C(F)c2ccc(C(=O)O)cc2)CC1. The maximum Gasteiger partial charge on any atom is 0.410 e. The highest BCUT2D eigenvalue weighted by Crippen LogP contribution is 2.34. The number of likely N-dealkylation sites (tertiary alicyclic amines) is 1. The van der Waals surface area contributed by atoms with Gasteiger partial charge in [0.1, 0.15) is 11.8 Å². The highest BCUT2D eigenvalue weighted by molar-refractivity contribution is 5.87. The monoisotopic (exact) mass is 337 g/mol. The minimum atomic E-state index is -1.16. The molecule has 5 nitrogen and oxygen atoms in total. The molecule has 2 rings (SSSR count). The third-order valence-electron chi connectivity index (χ3n) is 4.08. The third kappa shape index (κ3) is 4.69. The van der Waals surface area contributed by atoms with Crippen LogP contribution in [0.25, 0.3) is 0 Å². The van der Waals surface area contributed by atoms with E-state index in [-0.39, 0.29) is 17.6 Å². The number of hydrogen-bond donors (Lipinski definition) is 1. The van der Waals surface area contributed by atoms with Crippen LogP contribution in [0, 0.1) is 5.92 Å². The summed E-state index contributed by atoms with van der Waals surface area (Å²) in [6, 6.07) is 5.88. The summed E-state index contributed by atoms with van der Waals surface area (Å²) in [4.78, 5) is 24.5. The number of carboxylic acid groups (broad SMARTS) is 1. The van der Waals surface area contributed by atoms with Gasteiger partial charge in [0.25, 0.3) is 0 Å². The van der Waals surface area contributed by atoms with E-state index in [0.29, 0.717) is 31.5 Å². The molecule has 1 fully saturated rings. The molecule has 0 spiro atoms. The Morgan fingerprint density at radius 2 is 1.75 bits per heavy atom. The van der Waals surface area contributed by atoms with Crippen molar-refractivity contribution >= 4 is 12.1 Å². The van der Waals surface area contributed by atoms with Gasteiger partial charge in [-0.05, 0) is 57.2 Å². The van der Waals surface area contributed by atoms with Gasteiger partial charge in [-0.25, -0.2) is 14.0 Å². The van der Waals surface area contributed by atoms with Crippen LogP contribution in [0.3, 0.4) is 0 Å². The largest absolute Gasteiger partial charge is 0.478 e. The average Bonchev–Trinajstić information content (AvgIpc) is 2.53. The first-order chi connectivity index (χ1) is 11.2. The van der Waals surface area contributed by atoms with Gasteiger partial charge < -0.3 is 14.7 Å². The van der Waals surface area contributed by atoms with Crippen molar-refractivity contribution in [3.05, 3.63) is 35.4 Å². The molecule has 132 valence electrons. The molecule has 6 heteroatoms. The van der Waals surface area contributed by atoms with Gasteiger partial charge in [0.15, 0.2) is 0 Å². The molecular weight excluding hydrogens is 313 g/mol. The summed E-state index contributed by atoms with van der Waals surface area (Å²) in [7, 11) is 0. The number of halogens is 1. The highest BCUT2D eigenvalue weighted by atomic mass is 19.1. The molecule has 1 saturated heterocycles. The molecule has 1 aromatic rings. The van der Waals surface area contributed by atoms with Crippen LogP contribution < -0.4 is 0 Å². The number of benzene rings is 1. The topological polar surface area (TPSA) is 66.8 Å². The fraction of sp³-hybridized carbons (Fsp3) is 0.556. The predicted octanol–water partition coefficient (Wildman–Crippen LogP) is 4.04. The molecule has 1 heterocycles. The second-order valence-corrected chi connectivity index (χ2v) is 7.13. The van der Waals surface area contributed by atoms with E-state index in [4.69, 9.17) is 9.84 Å². The first-order valence-electron chi connectivity index (χ1n) is 8.12. The van der Waals surface area contributed by atoms with E-state index < -0.39 is 17.7 Å². The van der Waals surface area contributed by atoms with Crippen molar-refractivity contribution in [2.24, 2.45) is 5.92 Å². The summed E-state index contributed by atoms with van der Waals surface area (Å²) in [6.45, 7) is 6.38. The Hall–Kier alpha value is -2.11. The molecule has 0 radical (unpaired) electrons. The van der Waals surface area contributed by atoms with E-state index in [9.17, 15) is 14.0 Å². The van der Waals surface area contributed by atoms with E-state index in [1.807, 2.05) is 20.8 Å². The Morgan fingerprint density at radius 1 is 1.21 bits per heavy atom. The van der Waals surface area contributed by atoms with E-state index in [1.54, 1.807) is 4.90 Å². The lowest BCUT2D eigenvalue weighted by Gasteiger charge is -2.34. The number of carbonyl (C=O) groups is 2. The van der Waals surface area contributed by atoms with Crippen molar-refractivity contribution < 1.29 is 23.8 Å². The first kappa shape index (κ1) is 18.2. The molecule has 1 aliphatic rings. The minimum Gasteiger partial charge on any atom is -0.478 e. The Bertz CT molecular complexity index is 586. The van der Waals surface area contributed by atoms with Crippen molar-refractivity contribution in [1.29, 1.82) is 0 Å². The molecule has 0 bridgehead atoms. The second-order valence-electron chi connectivity index (χ2n) is 7.13. The zero-order chi connectivity index (χ0) is 17.9. The minimum absolute atomic E-state index is 0.144. The fourth-order valence-electron chi connectivity index (χ4n) is 2.78. The Labute approximate surface area is 141 Å². The number of aromatic carboxylic acids is 1. The van der Waals surface area contributed by atoms with E-state index in [0.717, 1.165) is 0 Å². The number of alkyl halides is 1. The number of hydrogen-bond acceptors (Lipinski definition) is 3. The number of carbonyl (C=O) groups excluding carboxylic acids is 1. The van der Waals surface area contributed by atoms with Crippen LogP contribution in [0.15, 0.2) is 24.3 Å². The fourth-order valence-corrected chi connectivity index (χ4v) is 2.78. The standard InChI is InChI=1S/C18H24FNO4/c1-18(2,3)24-17(23)20-10-8-13(9-11-20)15(19)12-4-6-14(7-5-12)16(21)22/h4-7,13,15H,8-11H2,1-3H3,(H,21,22). The Balaban J connectivity index is 1.91. The first-order valence-corrected chi connectivity index (χ1v) is 8.12. The smallest absolute Gasteiger partial charge is 0.410 e. The lowest BCUT2D eigenvalue weighted by molar-refractivity contribution is 0.0144. The van der Waals surface area contributed by atoms with Gasteiger partial charge in [0.05, 0.1) is 5.56 Å². The van der Waals surface area contributed by atoms with E-state index in [1.165, 1.54) is 24.3 Å². The summed E-state index contributed by atoms with van der Waals surface area (Å²) in [5.74, 6) is -1.21. The molecular formula is C18H24FNO4. The number of ether oxygens (including phenoxy) is 1. The number of nitrogens with zero attached hydrogens (tertiary/aromatic N) is 1. The van der Waals surface area contributed by atoms with Crippen LogP contribution in [-0.2, 0) is 4.74 Å². The van der Waals surface area contributed by atoms with Crippen molar-refractivity contribution in [3.63, 3.8) is 0 Å². The quantitative estimate of drug-likeness (QED) is 0.904. The van der Waals surface area contributed by atoms with Crippen LogP contribution >= 0.6 is 0 Å². The van der Waals surface area contributed by atoms with Crippen LogP contribution in [-0.4, -0.2) is 40.8 Å². The van der Waals surface area contributed by atoms with Crippen LogP contribution in [0.4, 0.5) is 9.18 Å². The van der Waals surface area contributed by atoms with Gasteiger partial charge in [-0.15, -0.1) is 0 Å². The van der Waals surface area contributed by atoms with Crippen molar-refractivity contribution in [2.45, 2.75) is 45.4 Å². The van der Waals surface area contributed by atoms with Crippen LogP contribution in [0.1, 0.15) is 55.7 Å². The molecule has 1 aliphatic heterocycles. The number of amides is 1. The molecule has 0 saturated carbocycles. The predicted molar refractivity (Wildman–Crippen MR) is 87.8 cm³/mol. The zero-order valence-corrected chi connectivity index (χ0v) is 14.3. The third-order valence-corrected chi connectivity index (χ3v) is 4.08. The Kier molecular flexibility index (Phi) is 5.47. The van der Waals surface area contributed by atoms with Crippen molar-refractivity contribution in [2.75, 3.05) is 13.1 Å². The van der Waals surface area contributed by atoms with Crippen molar-refractivity contribution in [3.8, 4) is 0 Å². The molecule has 1 aromatic carbocycles. The molecule has 0 aromatic heterocycles. The lowest BCUT2D eigenvalue weighted by Crippen LogP contribution is -2.42. The van der Waals surface area contributed by atoms with Gasteiger partial charge in [-0.3, -0.25) is 0 Å². The van der Waals surface area contributed by atoms with Crippen LogP contribution in [0.5, 0.6) is 0 Å². The summed E-state index contributed by atoms with van der Waals surface area (Å²) in [5, 5.41) is 8.88. The van der Waals surface area contributed by atoms with Crippen molar-refractivity contribution in [1.82, 2.24) is 4.90 Å². The van der Waals surface area contributed by atoms with Crippen LogP contribution in [0.2, 0.25) is 0 Å². The highest BCUT2D eigenvalue weighted by Gasteiger charge is 2.31.